The summed E-state index contributed by atoms with van der Waals surface area (Å²) in [6, 6.07) is 5.26. The van der Waals surface area contributed by atoms with E-state index >= 15 is 0 Å². The lowest BCUT2D eigenvalue weighted by atomic mass is 9.93. The van der Waals surface area contributed by atoms with Gasteiger partial charge in [-0.3, -0.25) is 4.99 Å². The minimum atomic E-state index is -0.232. The molecule has 0 spiro atoms. The fourth-order valence-corrected chi connectivity index (χ4v) is 5.26. The Labute approximate surface area is 236 Å². The van der Waals surface area contributed by atoms with Gasteiger partial charge in [0.2, 0.25) is 0 Å². The molecule has 1 aliphatic heterocycles. The number of likely N-dealkylation sites (N-methyl/N-ethyl adjacent to an activating group) is 1. The lowest BCUT2D eigenvalue weighted by Gasteiger charge is -2.39. The zero-order chi connectivity index (χ0) is 28.5. The summed E-state index contributed by atoms with van der Waals surface area (Å²) in [5, 5.41) is 3.48. The van der Waals surface area contributed by atoms with E-state index in [2.05, 4.69) is 79.8 Å². The summed E-state index contributed by atoms with van der Waals surface area (Å²) in [5.41, 5.74) is 8.65. The molecule has 1 aliphatic carbocycles. The highest BCUT2D eigenvalue weighted by Crippen LogP contribution is 2.36. The molecule has 39 heavy (non-hydrogen) atoms. The average Bonchev–Trinajstić information content (AvgIpc) is 3.76. The minimum absolute atomic E-state index is 0.162. The highest BCUT2D eigenvalue weighted by atomic mass is 19.1. The van der Waals surface area contributed by atoms with Crippen molar-refractivity contribution in [2.24, 2.45) is 10.9 Å². The molecule has 1 unspecified atom stereocenters. The van der Waals surface area contributed by atoms with Crippen molar-refractivity contribution in [3.8, 4) is 0 Å². The highest BCUT2D eigenvalue weighted by Gasteiger charge is 2.28. The van der Waals surface area contributed by atoms with Crippen LogP contribution in [0.2, 0.25) is 0 Å². The summed E-state index contributed by atoms with van der Waals surface area (Å²) in [7, 11) is 3.98. The van der Waals surface area contributed by atoms with Crippen molar-refractivity contribution in [1.29, 1.82) is 0 Å². The third kappa shape index (κ3) is 8.98. The van der Waals surface area contributed by atoms with E-state index in [-0.39, 0.29) is 11.9 Å². The van der Waals surface area contributed by atoms with Gasteiger partial charge >= 0.3 is 0 Å². The summed E-state index contributed by atoms with van der Waals surface area (Å²) in [4.78, 5) is 9.20. The molecule has 0 aromatic heterocycles. The number of allylic oxidation sites excluding steroid dienone is 5. The predicted molar refractivity (Wildman–Crippen MR) is 166 cm³/mol. The Kier molecular flexibility index (Phi) is 11.2. The molecule has 3 rings (SSSR count). The van der Waals surface area contributed by atoms with Crippen LogP contribution in [-0.4, -0.2) is 55.3 Å². The Balaban J connectivity index is 1.60. The molecule has 1 aromatic rings. The number of piperidine rings is 1. The first-order chi connectivity index (χ1) is 18.6. The molecule has 1 atom stereocenters. The smallest absolute Gasteiger partial charge is 0.123 e. The van der Waals surface area contributed by atoms with Crippen LogP contribution < -0.4 is 5.32 Å². The zero-order valence-corrected chi connectivity index (χ0v) is 25.0. The molecule has 4 nitrogen and oxygen atoms in total. The summed E-state index contributed by atoms with van der Waals surface area (Å²) >= 11 is 0. The van der Waals surface area contributed by atoms with Crippen molar-refractivity contribution in [3.63, 3.8) is 0 Å². The number of hydrogen-bond acceptors (Lipinski definition) is 4. The monoisotopic (exact) mass is 532 g/mol. The van der Waals surface area contributed by atoms with Crippen LogP contribution in [0.15, 0.2) is 77.6 Å². The molecule has 1 heterocycles. The highest BCUT2D eigenvalue weighted by molar-refractivity contribution is 6.00. The summed E-state index contributed by atoms with van der Waals surface area (Å²) < 4.78 is 14.5. The SMILES string of the molecule is C=C(CCc1ccc(F)cc1C(=C)N1CCCCC1/C(C=C(C)C)=N/C)NCCN(C)/C(C)=C/C(=C)C1CC1. The van der Waals surface area contributed by atoms with E-state index in [1.54, 1.807) is 12.1 Å². The molecule has 0 radical (unpaired) electrons. The molecule has 0 bridgehead atoms. The van der Waals surface area contributed by atoms with Crippen LogP contribution in [0.25, 0.3) is 5.70 Å². The number of rotatable bonds is 14. The summed E-state index contributed by atoms with van der Waals surface area (Å²) in [6.45, 7) is 21.9. The van der Waals surface area contributed by atoms with Gasteiger partial charge in [0.05, 0.1) is 11.8 Å². The van der Waals surface area contributed by atoms with E-state index in [9.17, 15) is 4.39 Å². The second kappa shape index (κ2) is 14.3. The van der Waals surface area contributed by atoms with Crippen LogP contribution in [0.1, 0.15) is 70.4 Å². The van der Waals surface area contributed by atoms with Crippen molar-refractivity contribution < 1.29 is 4.39 Å². The maximum absolute atomic E-state index is 14.5. The fraction of sp³-hybridized carbons (Fsp3) is 0.500. The van der Waals surface area contributed by atoms with E-state index in [1.807, 2.05) is 13.1 Å². The third-order valence-corrected chi connectivity index (χ3v) is 7.88. The molecule has 1 saturated heterocycles. The minimum Gasteiger partial charge on any atom is -0.387 e. The first kappa shape index (κ1) is 30.5. The molecule has 2 fully saturated rings. The van der Waals surface area contributed by atoms with E-state index in [0.29, 0.717) is 5.92 Å². The number of benzene rings is 1. The Bertz CT molecular complexity index is 1130. The van der Waals surface area contributed by atoms with Gasteiger partial charge in [0.15, 0.2) is 0 Å². The second-order valence-electron chi connectivity index (χ2n) is 11.4. The Morgan fingerprint density at radius 3 is 2.54 bits per heavy atom. The van der Waals surface area contributed by atoms with Crippen LogP contribution in [0.4, 0.5) is 4.39 Å². The molecule has 1 saturated carbocycles. The number of aryl methyl sites for hydroxylation is 1. The van der Waals surface area contributed by atoms with Crippen molar-refractivity contribution in [3.05, 3.63) is 89.6 Å². The van der Waals surface area contributed by atoms with Gasteiger partial charge in [-0.05, 0) is 101 Å². The van der Waals surface area contributed by atoms with Gasteiger partial charge in [-0.1, -0.05) is 36.9 Å². The molecule has 1 aromatic carbocycles. The zero-order valence-electron chi connectivity index (χ0n) is 25.0. The topological polar surface area (TPSA) is 30.9 Å². The number of nitrogens with one attached hydrogen (secondary N) is 1. The van der Waals surface area contributed by atoms with Crippen molar-refractivity contribution in [2.75, 3.05) is 33.7 Å². The number of likely N-dealkylation sites (tertiary alicyclic amines) is 1. The standard InChI is InChI=1S/C34H49FN4/c1-24(2)21-33(36-7)34-11-9-10-19-39(34)28(6)32-23-31(35)17-16-30(32)13-12-26(4)37-18-20-38(8)27(5)22-25(3)29-14-15-29/h16-17,21-23,29,34,37H,3-4,6,9-15,18-20H2,1-2,5,7-8H3/b27-22+,36-33+. The molecule has 212 valence electrons. The molecular weight excluding hydrogens is 483 g/mol. The molecule has 5 heteroatoms. The third-order valence-electron chi connectivity index (χ3n) is 7.88. The van der Waals surface area contributed by atoms with Crippen LogP contribution in [0.5, 0.6) is 0 Å². The van der Waals surface area contributed by atoms with Gasteiger partial charge in [0.25, 0.3) is 0 Å². The fourth-order valence-electron chi connectivity index (χ4n) is 5.26. The van der Waals surface area contributed by atoms with E-state index in [0.717, 1.165) is 80.0 Å². The summed E-state index contributed by atoms with van der Waals surface area (Å²) in [5.74, 6) is 0.462. The van der Waals surface area contributed by atoms with Crippen molar-refractivity contribution in [1.82, 2.24) is 15.1 Å². The maximum Gasteiger partial charge on any atom is 0.123 e. The van der Waals surface area contributed by atoms with Gasteiger partial charge in [-0.15, -0.1) is 0 Å². The van der Waals surface area contributed by atoms with Gasteiger partial charge in [-0.2, -0.15) is 0 Å². The molecule has 1 N–H and O–H groups in total. The average molecular weight is 533 g/mol. The van der Waals surface area contributed by atoms with Gasteiger partial charge in [0.1, 0.15) is 5.82 Å². The largest absolute Gasteiger partial charge is 0.387 e. The van der Waals surface area contributed by atoms with E-state index in [4.69, 9.17) is 0 Å². The lowest BCUT2D eigenvalue weighted by Crippen LogP contribution is -2.43. The number of halogens is 1. The van der Waals surface area contributed by atoms with E-state index < -0.39 is 0 Å². The lowest BCUT2D eigenvalue weighted by molar-refractivity contribution is 0.283. The number of hydrogen-bond donors (Lipinski definition) is 1. The first-order valence-electron chi connectivity index (χ1n) is 14.5. The molecular formula is C34H49FN4. The van der Waals surface area contributed by atoms with Gasteiger partial charge in [-0.25, -0.2) is 4.39 Å². The van der Waals surface area contributed by atoms with E-state index in [1.165, 1.54) is 29.7 Å². The van der Waals surface area contributed by atoms with Gasteiger partial charge in [0, 0.05) is 56.4 Å². The Morgan fingerprint density at radius 1 is 1.13 bits per heavy atom. The first-order valence-corrected chi connectivity index (χ1v) is 14.5. The number of nitrogens with zero attached hydrogens (tertiary/aromatic N) is 3. The van der Waals surface area contributed by atoms with Crippen LogP contribution in [-0.2, 0) is 6.42 Å². The Hall–Kier alpha value is -3.08. The van der Waals surface area contributed by atoms with Crippen molar-refractivity contribution >= 4 is 11.4 Å². The van der Waals surface area contributed by atoms with Crippen LogP contribution >= 0.6 is 0 Å². The second-order valence-corrected chi connectivity index (χ2v) is 11.4. The van der Waals surface area contributed by atoms with Crippen LogP contribution in [0, 0.1) is 11.7 Å². The van der Waals surface area contributed by atoms with Crippen molar-refractivity contribution in [2.45, 2.75) is 71.8 Å². The number of aliphatic imine (C=N–C) groups is 1. The maximum atomic E-state index is 14.5. The summed E-state index contributed by atoms with van der Waals surface area (Å²) in [6.07, 6.45) is 11.8. The quantitative estimate of drug-likeness (QED) is 0.198. The predicted octanol–water partition coefficient (Wildman–Crippen LogP) is 7.53. The van der Waals surface area contributed by atoms with Gasteiger partial charge < -0.3 is 15.1 Å². The molecule has 0 amide bonds. The normalized spacial score (nSPS) is 18.0. The molecule has 2 aliphatic rings. The van der Waals surface area contributed by atoms with Crippen LogP contribution in [0.3, 0.4) is 0 Å². The Morgan fingerprint density at radius 2 is 1.87 bits per heavy atom.